The van der Waals surface area contributed by atoms with Gasteiger partial charge in [0.25, 0.3) is 0 Å². The first kappa shape index (κ1) is 15.2. The predicted molar refractivity (Wildman–Crippen MR) is 84.4 cm³/mol. The fourth-order valence-electron chi connectivity index (χ4n) is 2.66. The number of hydrogen-bond donors (Lipinski definition) is 0. The Hall–Kier alpha value is -1.66. The van der Waals surface area contributed by atoms with Crippen molar-refractivity contribution < 1.29 is 9.47 Å². The van der Waals surface area contributed by atoms with Crippen molar-refractivity contribution in [3.63, 3.8) is 0 Å². The van der Waals surface area contributed by atoms with Gasteiger partial charge in [0.05, 0.1) is 19.4 Å². The van der Waals surface area contributed by atoms with E-state index in [9.17, 15) is 0 Å². The monoisotopic (exact) mass is 304 g/mol. The molecule has 1 aliphatic rings. The van der Waals surface area contributed by atoms with Gasteiger partial charge >= 0.3 is 0 Å². The molecule has 2 aromatic heterocycles. The maximum atomic E-state index is 5.96. The first-order valence-electron chi connectivity index (χ1n) is 7.81. The summed E-state index contributed by atoms with van der Waals surface area (Å²) in [5.41, 5.74) is 2.13. The normalized spacial score (nSPS) is 17.0. The zero-order chi connectivity index (χ0) is 15.6. The van der Waals surface area contributed by atoms with Crippen molar-refractivity contribution in [2.75, 3.05) is 39.5 Å². The van der Waals surface area contributed by atoms with E-state index in [0.717, 1.165) is 43.9 Å². The average molecular weight is 304 g/mol. The van der Waals surface area contributed by atoms with Crippen LogP contribution in [-0.4, -0.2) is 59.0 Å². The Labute approximate surface area is 131 Å². The number of hydrogen-bond acceptors (Lipinski definition) is 5. The van der Waals surface area contributed by atoms with Crippen LogP contribution in [0.15, 0.2) is 18.6 Å². The van der Waals surface area contributed by atoms with E-state index in [2.05, 4.69) is 35.8 Å². The van der Waals surface area contributed by atoms with E-state index in [4.69, 9.17) is 9.47 Å². The summed E-state index contributed by atoms with van der Waals surface area (Å²) in [7, 11) is 0. The molecular formula is C16H24N4O2. The van der Waals surface area contributed by atoms with E-state index < -0.39 is 0 Å². The first-order valence-corrected chi connectivity index (χ1v) is 7.81. The average Bonchev–Trinajstić information content (AvgIpc) is 2.93. The Balaban J connectivity index is 1.74. The minimum absolute atomic E-state index is 0.00705. The molecule has 0 radical (unpaired) electrons. The second-order valence-electron chi connectivity index (χ2n) is 6.64. The Morgan fingerprint density at radius 2 is 2.05 bits per heavy atom. The van der Waals surface area contributed by atoms with Gasteiger partial charge in [-0.3, -0.25) is 4.90 Å². The lowest BCUT2D eigenvalue weighted by atomic mass is 9.88. The number of aromatic nitrogens is 3. The van der Waals surface area contributed by atoms with Crippen LogP contribution in [0.1, 0.15) is 26.3 Å². The molecule has 0 amide bonds. The molecule has 6 heteroatoms. The molecular weight excluding hydrogens is 280 g/mol. The highest BCUT2D eigenvalue weighted by Gasteiger charge is 2.22. The van der Waals surface area contributed by atoms with Crippen molar-refractivity contribution in [2.24, 2.45) is 0 Å². The van der Waals surface area contributed by atoms with Gasteiger partial charge in [0.2, 0.25) is 5.88 Å². The van der Waals surface area contributed by atoms with Crippen LogP contribution in [0, 0.1) is 0 Å². The first-order chi connectivity index (χ1) is 10.6. The van der Waals surface area contributed by atoms with Gasteiger partial charge in [-0.15, -0.1) is 0 Å². The molecule has 120 valence electrons. The van der Waals surface area contributed by atoms with Gasteiger partial charge in [-0.25, -0.2) is 9.50 Å². The van der Waals surface area contributed by atoms with E-state index in [1.165, 1.54) is 0 Å². The zero-order valence-electron chi connectivity index (χ0n) is 13.6. The Morgan fingerprint density at radius 1 is 1.27 bits per heavy atom. The molecule has 0 spiro atoms. The summed E-state index contributed by atoms with van der Waals surface area (Å²) in [6.45, 7) is 11.6. The highest BCUT2D eigenvalue weighted by atomic mass is 16.5. The molecule has 0 bridgehead atoms. The highest BCUT2D eigenvalue weighted by molar-refractivity contribution is 5.63. The Bertz CT molecular complexity index is 627. The molecule has 1 fully saturated rings. The lowest BCUT2D eigenvalue weighted by Crippen LogP contribution is -2.38. The number of fused-ring (bicyclic) bond motifs is 1. The summed E-state index contributed by atoms with van der Waals surface area (Å²) in [5.74, 6) is 0.665. The van der Waals surface area contributed by atoms with Gasteiger partial charge in [0.1, 0.15) is 12.1 Å². The summed E-state index contributed by atoms with van der Waals surface area (Å²) in [5, 5.41) is 4.41. The largest absolute Gasteiger partial charge is 0.475 e. The quantitative estimate of drug-likeness (QED) is 0.861. The van der Waals surface area contributed by atoms with Crippen LogP contribution in [0.4, 0.5) is 0 Å². The molecule has 0 saturated carbocycles. The molecule has 0 N–H and O–H groups in total. The molecule has 6 nitrogen and oxygen atoms in total. The van der Waals surface area contributed by atoms with Crippen LogP contribution in [0.5, 0.6) is 5.88 Å². The summed E-state index contributed by atoms with van der Waals surface area (Å²) >= 11 is 0. The molecule has 1 saturated heterocycles. The Kier molecular flexibility index (Phi) is 4.31. The summed E-state index contributed by atoms with van der Waals surface area (Å²) < 4.78 is 13.2. The summed E-state index contributed by atoms with van der Waals surface area (Å²) in [4.78, 5) is 6.76. The summed E-state index contributed by atoms with van der Waals surface area (Å²) in [6, 6.07) is 0. The number of ether oxygens (including phenoxy) is 2. The molecule has 0 aliphatic carbocycles. The van der Waals surface area contributed by atoms with Crippen molar-refractivity contribution >= 4 is 5.52 Å². The molecule has 3 heterocycles. The third-order valence-corrected chi connectivity index (χ3v) is 3.96. The van der Waals surface area contributed by atoms with Gasteiger partial charge in [0, 0.05) is 37.6 Å². The number of rotatable bonds is 4. The molecule has 22 heavy (non-hydrogen) atoms. The fourth-order valence-corrected chi connectivity index (χ4v) is 2.66. The summed E-state index contributed by atoms with van der Waals surface area (Å²) in [6.07, 6.45) is 5.50. The van der Waals surface area contributed by atoms with Crippen LogP contribution in [-0.2, 0) is 10.2 Å². The van der Waals surface area contributed by atoms with Crippen LogP contribution in [0.25, 0.3) is 5.52 Å². The van der Waals surface area contributed by atoms with Gasteiger partial charge < -0.3 is 9.47 Å². The Morgan fingerprint density at radius 3 is 2.77 bits per heavy atom. The maximum absolute atomic E-state index is 5.96. The highest BCUT2D eigenvalue weighted by Crippen LogP contribution is 2.30. The van der Waals surface area contributed by atoms with Crippen LogP contribution in [0.2, 0.25) is 0 Å². The van der Waals surface area contributed by atoms with Crippen LogP contribution < -0.4 is 4.74 Å². The van der Waals surface area contributed by atoms with Crippen molar-refractivity contribution in [3.8, 4) is 5.88 Å². The van der Waals surface area contributed by atoms with Gasteiger partial charge in [0.15, 0.2) is 0 Å². The molecule has 0 atom stereocenters. The van der Waals surface area contributed by atoms with Crippen molar-refractivity contribution in [1.29, 1.82) is 0 Å². The molecule has 2 aromatic rings. The maximum Gasteiger partial charge on any atom is 0.240 e. The third-order valence-electron chi connectivity index (χ3n) is 3.96. The lowest BCUT2D eigenvalue weighted by Gasteiger charge is -2.26. The van der Waals surface area contributed by atoms with E-state index in [-0.39, 0.29) is 5.41 Å². The minimum Gasteiger partial charge on any atom is -0.475 e. The van der Waals surface area contributed by atoms with E-state index >= 15 is 0 Å². The number of morpholine rings is 1. The van der Waals surface area contributed by atoms with Gasteiger partial charge in [-0.05, 0) is 5.41 Å². The smallest absolute Gasteiger partial charge is 0.240 e. The van der Waals surface area contributed by atoms with Gasteiger partial charge in [-0.1, -0.05) is 20.8 Å². The SMILES string of the molecule is CC(C)(C)c1cnn2ccnc(OCCN3CCOCC3)c12. The van der Waals surface area contributed by atoms with E-state index in [0.29, 0.717) is 12.5 Å². The second kappa shape index (κ2) is 6.22. The molecule has 3 rings (SSSR count). The minimum atomic E-state index is 0.00705. The number of nitrogens with zero attached hydrogens (tertiary/aromatic N) is 4. The third kappa shape index (κ3) is 3.23. The van der Waals surface area contributed by atoms with E-state index in [1.807, 2.05) is 16.9 Å². The lowest BCUT2D eigenvalue weighted by molar-refractivity contribution is 0.0320. The topological polar surface area (TPSA) is 51.9 Å². The zero-order valence-corrected chi connectivity index (χ0v) is 13.6. The van der Waals surface area contributed by atoms with Crippen molar-refractivity contribution in [3.05, 3.63) is 24.2 Å². The predicted octanol–water partition coefficient (Wildman–Crippen LogP) is 1.74. The van der Waals surface area contributed by atoms with Crippen molar-refractivity contribution in [2.45, 2.75) is 26.2 Å². The van der Waals surface area contributed by atoms with Gasteiger partial charge in [-0.2, -0.15) is 5.10 Å². The van der Waals surface area contributed by atoms with Crippen LogP contribution in [0.3, 0.4) is 0 Å². The van der Waals surface area contributed by atoms with Crippen molar-refractivity contribution in [1.82, 2.24) is 19.5 Å². The molecule has 0 unspecified atom stereocenters. The fraction of sp³-hybridized carbons (Fsp3) is 0.625. The molecule has 0 aromatic carbocycles. The van der Waals surface area contributed by atoms with Crippen LogP contribution >= 0.6 is 0 Å². The van der Waals surface area contributed by atoms with E-state index in [1.54, 1.807) is 6.20 Å². The second-order valence-corrected chi connectivity index (χ2v) is 6.64. The molecule has 1 aliphatic heterocycles. The standard InChI is InChI=1S/C16H24N4O2/c1-16(2,3)13-12-18-20-5-4-17-15(14(13)20)22-11-8-19-6-9-21-10-7-19/h4-5,12H,6-11H2,1-3H3.